The number of carbonyl (C=O) groups is 1. The lowest BCUT2D eigenvalue weighted by Gasteiger charge is -2.32. The Bertz CT molecular complexity index is 712. The minimum absolute atomic E-state index is 0.0527. The average molecular weight is 326 g/mol. The lowest BCUT2D eigenvalue weighted by Crippen LogP contribution is -2.20. The molecule has 1 aliphatic rings. The van der Waals surface area contributed by atoms with Gasteiger partial charge in [-0.1, -0.05) is 37.6 Å². The van der Waals surface area contributed by atoms with Crippen molar-refractivity contribution < 1.29 is 9.90 Å². The van der Waals surface area contributed by atoms with Crippen molar-refractivity contribution >= 4 is 11.6 Å². The van der Waals surface area contributed by atoms with Crippen LogP contribution in [0.15, 0.2) is 52.7 Å². The molecule has 1 aromatic rings. The van der Waals surface area contributed by atoms with Crippen LogP contribution in [-0.4, -0.2) is 16.7 Å². The molecule has 0 bridgehead atoms. The monoisotopic (exact) mass is 326 g/mol. The van der Waals surface area contributed by atoms with Crippen LogP contribution in [-0.2, 0) is 0 Å². The standard InChI is InChI=1S/C20H26N2O2/c1-14-8-7-13-20(3,4)17(14)12-11-15(2)21-22-19(24)16-9-5-6-10-18(16)23/h5-6,9-12,23H,7-8,13H2,1-4H3,(H,22,24)/b12-11-,21-15+. The quantitative estimate of drug-likeness (QED) is 0.628. The Labute approximate surface area is 144 Å². The zero-order chi connectivity index (χ0) is 17.7. The van der Waals surface area contributed by atoms with Crippen molar-refractivity contribution in [2.24, 2.45) is 10.5 Å². The minimum atomic E-state index is -0.422. The second kappa shape index (κ2) is 7.47. The van der Waals surface area contributed by atoms with Crippen LogP contribution in [0.5, 0.6) is 5.75 Å². The number of hydrogen-bond donors (Lipinski definition) is 2. The zero-order valence-corrected chi connectivity index (χ0v) is 14.9. The summed E-state index contributed by atoms with van der Waals surface area (Å²) >= 11 is 0. The summed E-state index contributed by atoms with van der Waals surface area (Å²) in [6, 6.07) is 6.41. The normalized spacial score (nSPS) is 18.1. The first-order chi connectivity index (χ1) is 11.3. The SMILES string of the molecule is CC1=C(/C=C\C(C)=N\NC(=O)c2ccccc2O)C(C)(C)CCC1. The Kier molecular flexibility index (Phi) is 5.60. The Balaban J connectivity index is 2.07. The third-order valence-corrected chi connectivity index (χ3v) is 4.52. The molecule has 1 aliphatic carbocycles. The van der Waals surface area contributed by atoms with E-state index in [1.165, 1.54) is 30.1 Å². The van der Waals surface area contributed by atoms with Gasteiger partial charge < -0.3 is 5.11 Å². The van der Waals surface area contributed by atoms with Crippen molar-refractivity contribution in [3.8, 4) is 5.75 Å². The predicted molar refractivity (Wildman–Crippen MR) is 98.2 cm³/mol. The molecule has 4 nitrogen and oxygen atoms in total. The second-order valence-electron chi connectivity index (χ2n) is 6.98. The lowest BCUT2D eigenvalue weighted by atomic mass is 9.72. The summed E-state index contributed by atoms with van der Waals surface area (Å²) in [6.45, 7) is 8.56. The van der Waals surface area contributed by atoms with Gasteiger partial charge in [0.05, 0.1) is 11.3 Å². The zero-order valence-electron chi connectivity index (χ0n) is 14.9. The first kappa shape index (κ1) is 18.0. The number of rotatable bonds is 4. The highest BCUT2D eigenvalue weighted by atomic mass is 16.3. The number of aromatic hydroxyl groups is 1. The molecule has 4 heteroatoms. The molecule has 1 aromatic carbocycles. The van der Waals surface area contributed by atoms with Gasteiger partial charge in [0.1, 0.15) is 5.75 Å². The number of nitrogens with one attached hydrogen (secondary N) is 1. The number of hydrazone groups is 1. The van der Waals surface area contributed by atoms with Gasteiger partial charge in [-0.05, 0) is 62.3 Å². The number of phenolic OH excluding ortho intramolecular Hbond substituents is 1. The van der Waals surface area contributed by atoms with Crippen LogP contribution in [0, 0.1) is 5.41 Å². The first-order valence-electron chi connectivity index (χ1n) is 8.32. The minimum Gasteiger partial charge on any atom is -0.507 e. The van der Waals surface area contributed by atoms with E-state index in [1.807, 2.05) is 13.0 Å². The van der Waals surface area contributed by atoms with E-state index in [0.717, 1.165) is 6.42 Å². The van der Waals surface area contributed by atoms with E-state index in [9.17, 15) is 9.90 Å². The summed E-state index contributed by atoms with van der Waals surface area (Å²) in [6.07, 6.45) is 7.60. The first-order valence-corrected chi connectivity index (χ1v) is 8.32. The van der Waals surface area contributed by atoms with Gasteiger partial charge in [-0.2, -0.15) is 5.10 Å². The molecule has 0 atom stereocenters. The molecule has 0 saturated carbocycles. The Hall–Kier alpha value is -2.36. The third-order valence-electron chi connectivity index (χ3n) is 4.52. The number of nitrogens with zero attached hydrogens (tertiary/aromatic N) is 1. The number of para-hydroxylation sites is 1. The van der Waals surface area contributed by atoms with Crippen molar-refractivity contribution in [3.05, 3.63) is 53.1 Å². The predicted octanol–water partition coefficient (Wildman–Crippen LogP) is 4.58. The average Bonchev–Trinajstić information content (AvgIpc) is 2.52. The molecule has 2 N–H and O–H groups in total. The molecule has 1 amide bonds. The second-order valence-corrected chi connectivity index (χ2v) is 6.98. The maximum atomic E-state index is 12.0. The summed E-state index contributed by atoms with van der Waals surface area (Å²) in [5.74, 6) is -0.475. The van der Waals surface area contributed by atoms with Crippen molar-refractivity contribution in [2.75, 3.05) is 0 Å². The summed E-state index contributed by atoms with van der Waals surface area (Å²) < 4.78 is 0. The van der Waals surface area contributed by atoms with Crippen molar-refractivity contribution in [2.45, 2.75) is 47.0 Å². The van der Waals surface area contributed by atoms with Crippen molar-refractivity contribution in [1.82, 2.24) is 5.43 Å². The van der Waals surface area contributed by atoms with Gasteiger partial charge in [-0.3, -0.25) is 4.79 Å². The molecule has 24 heavy (non-hydrogen) atoms. The van der Waals surface area contributed by atoms with Crippen LogP contribution in [0.4, 0.5) is 0 Å². The number of phenols is 1. The fourth-order valence-electron chi connectivity index (χ4n) is 3.12. The molecule has 0 radical (unpaired) electrons. The van der Waals surface area contributed by atoms with Crippen LogP contribution >= 0.6 is 0 Å². The molecule has 0 spiro atoms. The molecule has 0 fully saturated rings. The molecular weight excluding hydrogens is 300 g/mol. The maximum Gasteiger partial charge on any atom is 0.275 e. The van der Waals surface area contributed by atoms with Crippen LogP contribution in [0.2, 0.25) is 0 Å². The number of allylic oxidation sites excluding steroid dienone is 4. The molecule has 0 heterocycles. The van der Waals surface area contributed by atoms with Crippen LogP contribution in [0.3, 0.4) is 0 Å². The Morgan fingerprint density at radius 2 is 2.04 bits per heavy atom. The van der Waals surface area contributed by atoms with Crippen LogP contribution in [0.25, 0.3) is 0 Å². The van der Waals surface area contributed by atoms with Crippen molar-refractivity contribution in [1.29, 1.82) is 0 Å². The highest BCUT2D eigenvalue weighted by molar-refractivity contribution is 5.99. The number of hydrogen-bond acceptors (Lipinski definition) is 3. The highest BCUT2D eigenvalue weighted by Crippen LogP contribution is 2.40. The van der Waals surface area contributed by atoms with E-state index in [2.05, 4.69) is 37.4 Å². The summed E-state index contributed by atoms with van der Waals surface area (Å²) in [5, 5.41) is 13.8. The van der Waals surface area contributed by atoms with Crippen LogP contribution in [0.1, 0.15) is 57.3 Å². The molecule has 2 rings (SSSR count). The highest BCUT2D eigenvalue weighted by Gasteiger charge is 2.26. The van der Waals surface area contributed by atoms with Gasteiger partial charge in [0.2, 0.25) is 0 Å². The summed E-state index contributed by atoms with van der Waals surface area (Å²) in [5.41, 5.74) is 6.36. The molecule has 128 valence electrons. The van der Waals surface area contributed by atoms with E-state index in [4.69, 9.17) is 0 Å². The maximum absolute atomic E-state index is 12.0. The third kappa shape index (κ3) is 4.34. The topological polar surface area (TPSA) is 61.7 Å². The van der Waals surface area contributed by atoms with E-state index >= 15 is 0 Å². The Morgan fingerprint density at radius 3 is 2.71 bits per heavy atom. The number of benzene rings is 1. The molecule has 0 aromatic heterocycles. The van der Waals surface area contributed by atoms with Gasteiger partial charge >= 0.3 is 0 Å². The van der Waals surface area contributed by atoms with E-state index in [0.29, 0.717) is 5.71 Å². The summed E-state index contributed by atoms with van der Waals surface area (Å²) in [7, 11) is 0. The lowest BCUT2D eigenvalue weighted by molar-refractivity contribution is 0.0952. The van der Waals surface area contributed by atoms with Crippen molar-refractivity contribution in [3.63, 3.8) is 0 Å². The number of amides is 1. The van der Waals surface area contributed by atoms with Gasteiger partial charge in [0, 0.05) is 0 Å². The van der Waals surface area contributed by atoms with Gasteiger partial charge in [0.25, 0.3) is 5.91 Å². The van der Waals surface area contributed by atoms with Crippen LogP contribution < -0.4 is 5.43 Å². The molecule has 0 unspecified atom stereocenters. The fourth-order valence-corrected chi connectivity index (χ4v) is 3.12. The van der Waals surface area contributed by atoms with Gasteiger partial charge in [-0.15, -0.1) is 0 Å². The van der Waals surface area contributed by atoms with E-state index in [1.54, 1.807) is 18.2 Å². The fraction of sp³-hybridized carbons (Fsp3) is 0.400. The molecule has 0 aliphatic heterocycles. The summed E-state index contributed by atoms with van der Waals surface area (Å²) in [4.78, 5) is 12.0. The Morgan fingerprint density at radius 1 is 1.33 bits per heavy atom. The number of carbonyl (C=O) groups excluding carboxylic acids is 1. The van der Waals surface area contributed by atoms with E-state index < -0.39 is 5.91 Å². The van der Waals surface area contributed by atoms with E-state index in [-0.39, 0.29) is 16.7 Å². The van der Waals surface area contributed by atoms with Gasteiger partial charge in [0.15, 0.2) is 0 Å². The largest absolute Gasteiger partial charge is 0.507 e. The smallest absolute Gasteiger partial charge is 0.275 e. The molecule has 0 saturated heterocycles. The molecular formula is C20H26N2O2. The van der Waals surface area contributed by atoms with Gasteiger partial charge in [-0.25, -0.2) is 5.43 Å².